The van der Waals surface area contributed by atoms with Gasteiger partial charge in [-0.1, -0.05) is 0 Å². The molecular formula is C11H10F4N2O3. The average molecular weight is 294 g/mol. The molecule has 0 aliphatic carbocycles. The van der Waals surface area contributed by atoms with Gasteiger partial charge in [0, 0.05) is 5.56 Å². The molecule has 0 saturated heterocycles. The van der Waals surface area contributed by atoms with Gasteiger partial charge in [-0.05, 0) is 25.1 Å². The van der Waals surface area contributed by atoms with Crippen LogP contribution in [0.4, 0.5) is 17.6 Å². The van der Waals surface area contributed by atoms with E-state index in [4.69, 9.17) is 5.21 Å². The Morgan fingerprint density at radius 1 is 1.25 bits per heavy atom. The van der Waals surface area contributed by atoms with Gasteiger partial charge in [0.05, 0.1) is 5.56 Å². The van der Waals surface area contributed by atoms with Gasteiger partial charge >= 0.3 is 6.18 Å². The lowest BCUT2D eigenvalue weighted by molar-refractivity contribution is -0.137. The van der Waals surface area contributed by atoms with Crippen LogP contribution in [0, 0.1) is 5.82 Å². The number of benzene rings is 1. The van der Waals surface area contributed by atoms with Crippen molar-refractivity contribution in [2.45, 2.75) is 19.1 Å². The van der Waals surface area contributed by atoms with Crippen molar-refractivity contribution >= 4 is 11.8 Å². The fraction of sp³-hybridized carbons (Fsp3) is 0.273. The molecule has 0 bridgehead atoms. The largest absolute Gasteiger partial charge is 0.416 e. The Morgan fingerprint density at radius 3 is 2.35 bits per heavy atom. The molecule has 1 atom stereocenters. The van der Waals surface area contributed by atoms with Crippen molar-refractivity contribution in [2.24, 2.45) is 0 Å². The quantitative estimate of drug-likeness (QED) is 0.449. The van der Waals surface area contributed by atoms with Gasteiger partial charge in [0.25, 0.3) is 11.8 Å². The molecule has 0 aliphatic heterocycles. The van der Waals surface area contributed by atoms with E-state index < -0.39 is 41.0 Å². The molecule has 1 aromatic rings. The number of rotatable bonds is 3. The number of alkyl halides is 3. The monoisotopic (exact) mass is 294 g/mol. The van der Waals surface area contributed by atoms with Crippen molar-refractivity contribution in [2.75, 3.05) is 0 Å². The molecular weight excluding hydrogens is 284 g/mol. The van der Waals surface area contributed by atoms with E-state index in [2.05, 4.69) is 0 Å². The molecule has 0 heterocycles. The van der Waals surface area contributed by atoms with E-state index in [0.717, 1.165) is 0 Å². The van der Waals surface area contributed by atoms with E-state index in [9.17, 15) is 27.2 Å². The van der Waals surface area contributed by atoms with Crippen molar-refractivity contribution in [3.8, 4) is 0 Å². The SMILES string of the molecule is C[C@H](NC(=O)c1cc(F)cc(C(F)(F)F)c1)C(=O)NO. The van der Waals surface area contributed by atoms with Gasteiger partial charge < -0.3 is 5.32 Å². The maximum atomic E-state index is 13.1. The van der Waals surface area contributed by atoms with E-state index in [1.807, 2.05) is 5.32 Å². The number of hydrogen-bond acceptors (Lipinski definition) is 3. The third-order valence-corrected chi connectivity index (χ3v) is 2.34. The molecule has 0 radical (unpaired) electrons. The molecule has 0 unspecified atom stereocenters. The molecule has 0 spiro atoms. The van der Waals surface area contributed by atoms with Crippen LogP contribution in [-0.4, -0.2) is 23.1 Å². The molecule has 20 heavy (non-hydrogen) atoms. The summed E-state index contributed by atoms with van der Waals surface area (Å²) in [6, 6.07) is 0.113. The first-order valence-corrected chi connectivity index (χ1v) is 5.27. The Hall–Kier alpha value is -2.16. The van der Waals surface area contributed by atoms with Crippen molar-refractivity contribution in [3.05, 3.63) is 35.1 Å². The standard InChI is InChI=1S/C11H10F4N2O3/c1-5(9(18)17-20)16-10(19)6-2-7(11(13,14)15)4-8(12)3-6/h2-5,20H,1H3,(H,16,19)(H,17,18)/t5-/m0/s1. The summed E-state index contributed by atoms with van der Waals surface area (Å²) in [5.41, 5.74) is -0.645. The van der Waals surface area contributed by atoms with Gasteiger partial charge in [0.2, 0.25) is 0 Å². The zero-order valence-electron chi connectivity index (χ0n) is 10.1. The van der Waals surface area contributed by atoms with Crippen molar-refractivity contribution in [1.82, 2.24) is 10.8 Å². The molecule has 9 heteroatoms. The first-order valence-electron chi connectivity index (χ1n) is 5.27. The van der Waals surface area contributed by atoms with Crippen LogP contribution in [0.2, 0.25) is 0 Å². The summed E-state index contributed by atoms with van der Waals surface area (Å²) >= 11 is 0. The van der Waals surface area contributed by atoms with Crippen LogP contribution in [0.1, 0.15) is 22.8 Å². The van der Waals surface area contributed by atoms with Gasteiger partial charge in [0.1, 0.15) is 11.9 Å². The molecule has 2 amide bonds. The number of amides is 2. The second-order valence-corrected chi connectivity index (χ2v) is 3.90. The molecule has 1 aromatic carbocycles. The van der Waals surface area contributed by atoms with Gasteiger partial charge in [0.15, 0.2) is 0 Å². The highest BCUT2D eigenvalue weighted by atomic mass is 19.4. The summed E-state index contributed by atoms with van der Waals surface area (Å²) in [5.74, 6) is -3.28. The lowest BCUT2D eigenvalue weighted by Gasteiger charge is -2.13. The zero-order valence-corrected chi connectivity index (χ0v) is 10.1. The summed E-state index contributed by atoms with van der Waals surface area (Å²) in [4.78, 5) is 22.5. The van der Waals surface area contributed by atoms with Crippen LogP contribution >= 0.6 is 0 Å². The third kappa shape index (κ3) is 3.92. The lowest BCUT2D eigenvalue weighted by Crippen LogP contribution is -2.43. The van der Waals surface area contributed by atoms with Crippen LogP contribution in [0.3, 0.4) is 0 Å². The third-order valence-electron chi connectivity index (χ3n) is 2.34. The molecule has 3 N–H and O–H groups in total. The van der Waals surface area contributed by atoms with Gasteiger partial charge in [-0.15, -0.1) is 0 Å². The summed E-state index contributed by atoms with van der Waals surface area (Å²) in [5, 5.41) is 10.3. The van der Waals surface area contributed by atoms with Crippen LogP contribution in [0.15, 0.2) is 18.2 Å². The number of nitrogens with one attached hydrogen (secondary N) is 2. The predicted molar refractivity (Wildman–Crippen MR) is 58.3 cm³/mol. The summed E-state index contributed by atoms with van der Waals surface area (Å²) in [6.07, 6.45) is -4.80. The Labute approximate surface area is 110 Å². The highest BCUT2D eigenvalue weighted by Crippen LogP contribution is 2.30. The highest BCUT2D eigenvalue weighted by molar-refractivity contribution is 5.97. The van der Waals surface area contributed by atoms with Gasteiger partial charge in [-0.25, -0.2) is 9.87 Å². The highest BCUT2D eigenvalue weighted by Gasteiger charge is 2.32. The summed E-state index contributed by atoms with van der Waals surface area (Å²) in [6.45, 7) is 1.19. The molecule has 0 aliphatic rings. The van der Waals surface area contributed by atoms with E-state index in [0.29, 0.717) is 12.1 Å². The summed E-state index contributed by atoms with van der Waals surface area (Å²) in [7, 11) is 0. The van der Waals surface area contributed by atoms with Crippen molar-refractivity contribution in [3.63, 3.8) is 0 Å². The Morgan fingerprint density at radius 2 is 1.85 bits per heavy atom. The molecule has 5 nitrogen and oxygen atoms in total. The normalized spacial score (nSPS) is 12.7. The molecule has 0 fully saturated rings. The first kappa shape index (κ1) is 15.9. The zero-order chi connectivity index (χ0) is 15.5. The minimum atomic E-state index is -4.80. The Bertz CT molecular complexity index is 531. The first-order chi connectivity index (χ1) is 9.15. The lowest BCUT2D eigenvalue weighted by atomic mass is 10.1. The molecule has 1 rings (SSSR count). The van der Waals surface area contributed by atoms with E-state index in [1.54, 1.807) is 0 Å². The maximum absolute atomic E-state index is 13.1. The molecule has 0 aromatic heterocycles. The van der Waals surface area contributed by atoms with Crippen LogP contribution in [0.5, 0.6) is 0 Å². The summed E-state index contributed by atoms with van der Waals surface area (Å²) < 4.78 is 50.5. The van der Waals surface area contributed by atoms with E-state index in [1.165, 1.54) is 12.4 Å². The minimum absolute atomic E-state index is 0.251. The Kier molecular flexibility index (Phi) is 4.66. The van der Waals surface area contributed by atoms with Crippen molar-refractivity contribution < 1.29 is 32.4 Å². The fourth-order valence-electron chi connectivity index (χ4n) is 1.33. The number of hydroxylamine groups is 1. The second-order valence-electron chi connectivity index (χ2n) is 3.90. The number of halogens is 4. The smallest absolute Gasteiger partial charge is 0.340 e. The van der Waals surface area contributed by atoms with Gasteiger partial charge in [-0.2, -0.15) is 13.2 Å². The van der Waals surface area contributed by atoms with Crippen LogP contribution in [-0.2, 0) is 11.0 Å². The Balaban J connectivity index is 2.99. The number of hydrogen-bond donors (Lipinski definition) is 3. The second kappa shape index (κ2) is 5.87. The predicted octanol–water partition coefficient (Wildman–Crippen LogP) is 1.47. The van der Waals surface area contributed by atoms with E-state index >= 15 is 0 Å². The van der Waals surface area contributed by atoms with E-state index in [-0.39, 0.29) is 6.07 Å². The van der Waals surface area contributed by atoms with Crippen LogP contribution < -0.4 is 10.8 Å². The maximum Gasteiger partial charge on any atom is 0.416 e. The minimum Gasteiger partial charge on any atom is -0.340 e. The number of carbonyl (C=O) groups excluding carboxylic acids is 2. The topological polar surface area (TPSA) is 78.4 Å². The average Bonchev–Trinajstić information content (AvgIpc) is 2.35. The van der Waals surface area contributed by atoms with Crippen LogP contribution in [0.25, 0.3) is 0 Å². The fourth-order valence-corrected chi connectivity index (χ4v) is 1.33. The number of carbonyl (C=O) groups is 2. The van der Waals surface area contributed by atoms with Gasteiger partial charge in [-0.3, -0.25) is 14.8 Å². The van der Waals surface area contributed by atoms with Crippen molar-refractivity contribution in [1.29, 1.82) is 0 Å². The molecule has 0 saturated carbocycles. The molecule has 110 valence electrons.